The number of thioether (sulfide) groups is 1. The van der Waals surface area contributed by atoms with Crippen LogP contribution in [0.1, 0.15) is 33.6 Å². The molecule has 0 spiro atoms. The zero-order valence-corrected chi connectivity index (χ0v) is 12.0. The summed E-state index contributed by atoms with van der Waals surface area (Å²) in [6.45, 7) is 5.86. The van der Waals surface area contributed by atoms with Gasteiger partial charge in [-0.1, -0.05) is 0 Å². The van der Waals surface area contributed by atoms with Crippen LogP contribution >= 0.6 is 11.8 Å². The summed E-state index contributed by atoms with van der Waals surface area (Å²) in [5.74, 6) is 1.91. The Morgan fingerprint density at radius 3 is 2.41 bits per heavy atom. The monoisotopic (exact) mass is 261 g/mol. The lowest BCUT2D eigenvalue weighted by atomic mass is 9.96. The Morgan fingerprint density at radius 1 is 1.41 bits per heavy atom. The number of aliphatic hydroxyl groups is 1. The molecule has 4 nitrogen and oxygen atoms in total. The molecular weight excluding hydrogens is 238 g/mol. The molecular formula is C12H23NO3S. The van der Waals surface area contributed by atoms with Crippen molar-refractivity contribution < 1.29 is 14.6 Å². The van der Waals surface area contributed by atoms with Crippen molar-refractivity contribution in [3.05, 3.63) is 0 Å². The lowest BCUT2D eigenvalue weighted by Gasteiger charge is -2.35. The first-order valence-electron chi connectivity index (χ1n) is 5.96. The highest BCUT2D eigenvalue weighted by Gasteiger charge is 2.33. The summed E-state index contributed by atoms with van der Waals surface area (Å²) in [6.07, 6.45) is 1.11. The highest BCUT2D eigenvalue weighted by Crippen LogP contribution is 2.27. The Morgan fingerprint density at radius 2 is 1.94 bits per heavy atom. The quantitative estimate of drug-likeness (QED) is 0.827. The van der Waals surface area contributed by atoms with Gasteiger partial charge in [0.2, 0.25) is 0 Å². The topological polar surface area (TPSA) is 49.8 Å². The third-order valence-electron chi connectivity index (χ3n) is 2.66. The molecule has 0 atom stereocenters. The summed E-state index contributed by atoms with van der Waals surface area (Å²) in [4.78, 5) is 13.2. The van der Waals surface area contributed by atoms with Gasteiger partial charge in [-0.3, -0.25) is 0 Å². The predicted molar refractivity (Wildman–Crippen MR) is 70.4 cm³/mol. The molecule has 1 heterocycles. The van der Waals surface area contributed by atoms with Crippen molar-refractivity contribution in [1.29, 1.82) is 0 Å². The maximum atomic E-state index is 11.8. The van der Waals surface area contributed by atoms with E-state index in [0.717, 1.165) is 24.3 Å². The number of rotatable bonds is 2. The molecule has 0 bridgehead atoms. The first kappa shape index (κ1) is 14.6. The maximum absolute atomic E-state index is 11.8. The van der Waals surface area contributed by atoms with Gasteiger partial charge >= 0.3 is 6.09 Å². The van der Waals surface area contributed by atoms with E-state index < -0.39 is 11.2 Å². The number of carbonyl (C=O) groups excluding carboxylic acids is 1. The molecule has 0 aromatic heterocycles. The van der Waals surface area contributed by atoms with Crippen LogP contribution in [0.5, 0.6) is 0 Å². The number of carbonyl (C=O) groups is 1. The number of hydrogen-bond donors (Lipinski definition) is 1. The van der Waals surface area contributed by atoms with Gasteiger partial charge in [0, 0.05) is 7.05 Å². The van der Waals surface area contributed by atoms with Crippen molar-refractivity contribution >= 4 is 17.9 Å². The van der Waals surface area contributed by atoms with Crippen molar-refractivity contribution in [3.63, 3.8) is 0 Å². The van der Waals surface area contributed by atoms with E-state index in [9.17, 15) is 9.90 Å². The van der Waals surface area contributed by atoms with Gasteiger partial charge in [-0.2, -0.15) is 11.8 Å². The summed E-state index contributed by atoms with van der Waals surface area (Å²) < 4.78 is 5.26. The van der Waals surface area contributed by atoms with Gasteiger partial charge in [-0.15, -0.1) is 0 Å². The fraction of sp³-hybridized carbons (Fsp3) is 0.917. The standard InChI is InChI=1S/C12H23NO3S/c1-11(2,3)16-10(14)13(4)9-12(15)5-7-17-8-6-12/h15H,5-9H2,1-4H3. The highest BCUT2D eigenvalue weighted by atomic mass is 32.2. The largest absolute Gasteiger partial charge is 0.444 e. The zero-order chi connectivity index (χ0) is 13.1. The predicted octanol–water partition coefficient (Wildman–Crippen LogP) is 2.11. The average molecular weight is 261 g/mol. The Labute approximate surface area is 108 Å². The lowest BCUT2D eigenvalue weighted by molar-refractivity contribution is -0.0158. The van der Waals surface area contributed by atoms with E-state index in [4.69, 9.17) is 4.74 Å². The van der Waals surface area contributed by atoms with Gasteiger partial charge in [0.15, 0.2) is 0 Å². The van der Waals surface area contributed by atoms with Crippen LogP contribution < -0.4 is 0 Å². The van der Waals surface area contributed by atoms with Crippen molar-refractivity contribution in [1.82, 2.24) is 4.90 Å². The minimum atomic E-state index is -0.739. The minimum Gasteiger partial charge on any atom is -0.444 e. The van der Waals surface area contributed by atoms with Crippen LogP contribution in [0, 0.1) is 0 Å². The van der Waals surface area contributed by atoms with Gasteiger partial charge in [0.05, 0.1) is 12.1 Å². The molecule has 0 saturated carbocycles. The van der Waals surface area contributed by atoms with Crippen molar-refractivity contribution in [2.75, 3.05) is 25.1 Å². The van der Waals surface area contributed by atoms with Crippen molar-refractivity contribution in [2.45, 2.75) is 44.8 Å². The number of nitrogens with zero attached hydrogens (tertiary/aromatic N) is 1. The fourth-order valence-electron chi connectivity index (χ4n) is 1.76. The third-order valence-corrected chi connectivity index (χ3v) is 3.65. The Balaban J connectivity index is 2.47. The summed E-state index contributed by atoms with van der Waals surface area (Å²) in [6, 6.07) is 0. The van der Waals surface area contributed by atoms with Crippen LogP contribution in [0.25, 0.3) is 0 Å². The fourth-order valence-corrected chi connectivity index (χ4v) is 3.01. The van der Waals surface area contributed by atoms with E-state index in [-0.39, 0.29) is 6.09 Å². The van der Waals surface area contributed by atoms with E-state index in [1.165, 1.54) is 4.90 Å². The molecule has 17 heavy (non-hydrogen) atoms. The van der Waals surface area contributed by atoms with Crippen molar-refractivity contribution in [3.8, 4) is 0 Å². The number of likely N-dealkylation sites (N-methyl/N-ethyl adjacent to an activating group) is 1. The van der Waals surface area contributed by atoms with E-state index in [0.29, 0.717) is 6.54 Å². The SMILES string of the molecule is CN(CC1(O)CCSCC1)C(=O)OC(C)(C)C. The van der Waals surface area contributed by atoms with Gasteiger partial charge in [-0.25, -0.2) is 4.79 Å². The Bertz CT molecular complexity index is 269. The van der Waals surface area contributed by atoms with Crippen LogP contribution in [0.4, 0.5) is 4.79 Å². The van der Waals surface area contributed by atoms with E-state index in [1.807, 2.05) is 32.5 Å². The summed E-state index contributed by atoms with van der Waals surface area (Å²) in [7, 11) is 1.67. The normalized spacial score (nSPS) is 19.8. The van der Waals surface area contributed by atoms with Crippen molar-refractivity contribution in [2.24, 2.45) is 0 Å². The molecule has 1 saturated heterocycles. The minimum absolute atomic E-state index is 0.350. The molecule has 5 heteroatoms. The molecule has 100 valence electrons. The first-order valence-corrected chi connectivity index (χ1v) is 7.12. The molecule has 0 radical (unpaired) electrons. The number of ether oxygens (including phenoxy) is 1. The Hall–Kier alpha value is -0.420. The summed E-state index contributed by atoms with van der Waals surface area (Å²) >= 11 is 1.85. The molecule has 1 amide bonds. The highest BCUT2D eigenvalue weighted by molar-refractivity contribution is 7.99. The second-order valence-electron chi connectivity index (χ2n) is 5.67. The lowest BCUT2D eigenvalue weighted by Crippen LogP contribution is -2.47. The molecule has 0 aromatic rings. The molecule has 0 aliphatic carbocycles. The second kappa shape index (κ2) is 5.48. The molecule has 1 N–H and O–H groups in total. The van der Waals surface area contributed by atoms with Gasteiger partial charge < -0.3 is 14.7 Å². The molecule has 0 unspecified atom stereocenters. The third kappa shape index (κ3) is 5.17. The van der Waals surface area contributed by atoms with Gasteiger partial charge in [0.25, 0.3) is 0 Å². The summed E-state index contributed by atoms with van der Waals surface area (Å²) in [5, 5.41) is 10.3. The smallest absolute Gasteiger partial charge is 0.410 e. The molecule has 0 aromatic carbocycles. The molecule has 1 aliphatic rings. The average Bonchev–Trinajstić information content (AvgIpc) is 2.15. The van der Waals surface area contributed by atoms with E-state index >= 15 is 0 Å². The first-order chi connectivity index (χ1) is 7.72. The van der Waals surface area contributed by atoms with Gasteiger partial charge in [-0.05, 0) is 45.1 Å². The molecule has 1 rings (SSSR count). The number of hydrogen-bond acceptors (Lipinski definition) is 4. The second-order valence-corrected chi connectivity index (χ2v) is 6.90. The van der Waals surface area contributed by atoms with Gasteiger partial charge in [0.1, 0.15) is 5.60 Å². The number of amides is 1. The zero-order valence-electron chi connectivity index (χ0n) is 11.2. The van der Waals surface area contributed by atoms with Crippen LogP contribution in [0.2, 0.25) is 0 Å². The Kier molecular flexibility index (Phi) is 4.72. The van der Waals surface area contributed by atoms with Crippen LogP contribution in [-0.2, 0) is 4.74 Å². The van der Waals surface area contributed by atoms with E-state index in [2.05, 4.69) is 0 Å². The molecule has 1 fully saturated rings. The van der Waals surface area contributed by atoms with Crippen LogP contribution in [0.3, 0.4) is 0 Å². The summed E-state index contributed by atoms with van der Waals surface area (Å²) in [5.41, 5.74) is -1.23. The van der Waals surface area contributed by atoms with E-state index in [1.54, 1.807) is 7.05 Å². The maximum Gasteiger partial charge on any atom is 0.410 e. The van der Waals surface area contributed by atoms with Crippen LogP contribution in [0.15, 0.2) is 0 Å². The molecule has 1 aliphatic heterocycles. The van der Waals surface area contributed by atoms with Crippen LogP contribution in [-0.4, -0.2) is 52.4 Å².